The second-order valence-electron chi connectivity index (χ2n) is 4.66. The summed E-state index contributed by atoms with van der Waals surface area (Å²) < 4.78 is 5.22. The molecule has 2 aromatic rings. The van der Waals surface area contributed by atoms with Crippen LogP contribution in [0, 0.1) is 0 Å². The van der Waals surface area contributed by atoms with Gasteiger partial charge in [-0.05, 0) is 49.4 Å². The molecule has 0 unspecified atom stereocenters. The molecule has 0 saturated carbocycles. The predicted molar refractivity (Wildman–Crippen MR) is 92.8 cm³/mol. The standard InChI is InChI=1S/C16H17ClN2O2S/c1-10(22-13-6-4-12(18)5-7-13)16(20)19-14-9-11(17)3-8-15(14)21-2/h3-10H,18H2,1-2H3,(H,19,20)/t10-/m1/s1. The van der Waals surface area contributed by atoms with Gasteiger partial charge >= 0.3 is 0 Å². The number of nitrogens with two attached hydrogens (primary N) is 1. The molecule has 6 heteroatoms. The van der Waals surface area contributed by atoms with Gasteiger partial charge in [-0.25, -0.2) is 0 Å². The zero-order chi connectivity index (χ0) is 16.1. The maximum Gasteiger partial charge on any atom is 0.237 e. The van der Waals surface area contributed by atoms with Crippen molar-refractivity contribution >= 4 is 40.6 Å². The van der Waals surface area contributed by atoms with Crippen LogP contribution >= 0.6 is 23.4 Å². The molecule has 116 valence electrons. The molecule has 4 nitrogen and oxygen atoms in total. The summed E-state index contributed by atoms with van der Waals surface area (Å²) in [7, 11) is 1.55. The Morgan fingerprint density at radius 3 is 2.59 bits per heavy atom. The molecule has 1 amide bonds. The molecule has 0 aromatic heterocycles. The quantitative estimate of drug-likeness (QED) is 0.638. The van der Waals surface area contributed by atoms with Gasteiger partial charge in [-0.3, -0.25) is 4.79 Å². The molecule has 0 saturated heterocycles. The molecule has 0 radical (unpaired) electrons. The monoisotopic (exact) mass is 336 g/mol. The Morgan fingerprint density at radius 2 is 1.95 bits per heavy atom. The maximum atomic E-state index is 12.3. The molecule has 2 aromatic carbocycles. The summed E-state index contributed by atoms with van der Waals surface area (Å²) in [6.45, 7) is 1.84. The number of nitrogens with one attached hydrogen (secondary N) is 1. The third-order valence-corrected chi connectivity index (χ3v) is 4.33. The smallest absolute Gasteiger partial charge is 0.237 e. The molecule has 1 atom stereocenters. The number of amides is 1. The van der Waals surface area contributed by atoms with Crippen molar-refractivity contribution in [3.63, 3.8) is 0 Å². The van der Waals surface area contributed by atoms with Gasteiger partial charge in [0, 0.05) is 15.6 Å². The van der Waals surface area contributed by atoms with Gasteiger partial charge in [0.15, 0.2) is 0 Å². The zero-order valence-corrected chi connectivity index (χ0v) is 13.9. The van der Waals surface area contributed by atoms with Gasteiger partial charge in [0.1, 0.15) is 5.75 Å². The fourth-order valence-corrected chi connectivity index (χ4v) is 2.86. The Labute approximate surface area is 139 Å². The summed E-state index contributed by atoms with van der Waals surface area (Å²) >= 11 is 7.41. The number of anilines is 2. The van der Waals surface area contributed by atoms with Crippen molar-refractivity contribution in [3.05, 3.63) is 47.5 Å². The van der Waals surface area contributed by atoms with Crippen LogP contribution in [-0.4, -0.2) is 18.3 Å². The van der Waals surface area contributed by atoms with Crippen LogP contribution in [0.3, 0.4) is 0 Å². The minimum absolute atomic E-state index is 0.123. The minimum atomic E-state index is -0.271. The van der Waals surface area contributed by atoms with Gasteiger partial charge in [-0.2, -0.15) is 0 Å². The van der Waals surface area contributed by atoms with Gasteiger partial charge < -0.3 is 15.8 Å². The first-order valence-electron chi connectivity index (χ1n) is 6.66. The number of halogens is 1. The van der Waals surface area contributed by atoms with Crippen molar-refractivity contribution in [1.82, 2.24) is 0 Å². The summed E-state index contributed by atoms with van der Waals surface area (Å²) in [5, 5.41) is 3.11. The fourth-order valence-electron chi connectivity index (χ4n) is 1.82. The molecule has 0 aliphatic heterocycles. The van der Waals surface area contributed by atoms with E-state index in [0.29, 0.717) is 22.1 Å². The molecule has 2 rings (SSSR count). The number of thioether (sulfide) groups is 1. The average molecular weight is 337 g/mol. The number of carbonyl (C=O) groups excluding carboxylic acids is 1. The summed E-state index contributed by atoms with van der Waals surface area (Å²) in [6, 6.07) is 12.5. The number of hydrogen-bond donors (Lipinski definition) is 2. The number of carbonyl (C=O) groups is 1. The Hall–Kier alpha value is -1.85. The van der Waals surface area contributed by atoms with E-state index in [1.165, 1.54) is 11.8 Å². The van der Waals surface area contributed by atoms with Crippen LogP contribution < -0.4 is 15.8 Å². The molecule has 22 heavy (non-hydrogen) atoms. The highest BCUT2D eigenvalue weighted by atomic mass is 35.5. The van der Waals surface area contributed by atoms with Crippen molar-refractivity contribution in [1.29, 1.82) is 0 Å². The van der Waals surface area contributed by atoms with Crippen molar-refractivity contribution in [2.75, 3.05) is 18.2 Å². The molecule has 0 aliphatic carbocycles. The summed E-state index contributed by atoms with van der Waals surface area (Å²) in [6.07, 6.45) is 0. The molecule has 0 aliphatic rings. The highest BCUT2D eigenvalue weighted by Crippen LogP contribution is 2.30. The predicted octanol–water partition coefficient (Wildman–Crippen LogP) is 4.05. The van der Waals surface area contributed by atoms with Gasteiger partial charge in [0.2, 0.25) is 5.91 Å². The minimum Gasteiger partial charge on any atom is -0.495 e. The third-order valence-electron chi connectivity index (χ3n) is 2.98. The van der Waals surface area contributed by atoms with Gasteiger partial charge in [-0.1, -0.05) is 11.6 Å². The molecule has 0 heterocycles. The zero-order valence-electron chi connectivity index (χ0n) is 12.3. The maximum absolute atomic E-state index is 12.3. The number of benzene rings is 2. The van der Waals surface area contributed by atoms with Crippen molar-refractivity contribution in [2.45, 2.75) is 17.1 Å². The highest BCUT2D eigenvalue weighted by Gasteiger charge is 2.16. The van der Waals surface area contributed by atoms with Crippen LogP contribution in [0.25, 0.3) is 0 Å². The van der Waals surface area contributed by atoms with Gasteiger partial charge in [-0.15, -0.1) is 11.8 Å². The number of nitrogen functional groups attached to an aromatic ring is 1. The lowest BCUT2D eigenvalue weighted by atomic mass is 10.3. The van der Waals surface area contributed by atoms with E-state index < -0.39 is 0 Å². The second-order valence-corrected chi connectivity index (χ2v) is 6.51. The van der Waals surface area contributed by atoms with Crippen LogP contribution in [0.2, 0.25) is 5.02 Å². The van der Waals surface area contributed by atoms with Crippen LogP contribution in [-0.2, 0) is 4.79 Å². The first-order chi connectivity index (χ1) is 10.5. The average Bonchev–Trinajstić information content (AvgIpc) is 2.49. The normalized spacial score (nSPS) is 11.8. The van der Waals surface area contributed by atoms with Crippen molar-refractivity contribution < 1.29 is 9.53 Å². The van der Waals surface area contributed by atoms with E-state index in [1.807, 2.05) is 31.2 Å². The van der Waals surface area contributed by atoms with Gasteiger partial charge in [0.05, 0.1) is 18.0 Å². The van der Waals surface area contributed by atoms with E-state index in [1.54, 1.807) is 25.3 Å². The van der Waals surface area contributed by atoms with Crippen LogP contribution in [0.5, 0.6) is 5.75 Å². The largest absolute Gasteiger partial charge is 0.495 e. The number of ether oxygens (including phenoxy) is 1. The Balaban J connectivity index is 2.05. The van der Waals surface area contributed by atoms with Crippen LogP contribution in [0.15, 0.2) is 47.4 Å². The van der Waals surface area contributed by atoms with E-state index in [-0.39, 0.29) is 11.2 Å². The van der Waals surface area contributed by atoms with Crippen LogP contribution in [0.1, 0.15) is 6.92 Å². The molecular weight excluding hydrogens is 320 g/mol. The molecule has 0 bridgehead atoms. The third kappa shape index (κ3) is 4.32. The molecule has 3 N–H and O–H groups in total. The van der Waals surface area contributed by atoms with Crippen LogP contribution in [0.4, 0.5) is 11.4 Å². The summed E-state index contributed by atoms with van der Waals surface area (Å²) in [4.78, 5) is 13.3. The molecule has 0 spiro atoms. The SMILES string of the molecule is COc1ccc(Cl)cc1NC(=O)[C@@H](C)Sc1ccc(N)cc1. The van der Waals surface area contributed by atoms with E-state index in [4.69, 9.17) is 22.1 Å². The number of methoxy groups -OCH3 is 1. The van der Waals surface area contributed by atoms with Crippen molar-refractivity contribution in [3.8, 4) is 5.75 Å². The van der Waals surface area contributed by atoms with Gasteiger partial charge in [0.25, 0.3) is 0 Å². The summed E-state index contributed by atoms with van der Waals surface area (Å²) in [5.74, 6) is 0.449. The lowest BCUT2D eigenvalue weighted by Crippen LogP contribution is -2.22. The first-order valence-corrected chi connectivity index (χ1v) is 7.92. The number of rotatable bonds is 5. The topological polar surface area (TPSA) is 64.3 Å². The Kier molecular flexibility index (Phi) is 5.57. The fraction of sp³-hybridized carbons (Fsp3) is 0.188. The molecular formula is C16H17ClN2O2S. The second kappa shape index (κ2) is 7.42. The van der Waals surface area contributed by atoms with Crippen molar-refractivity contribution in [2.24, 2.45) is 0 Å². The van der Waals surface area contributed by atoms with E-state index in [0.717, 1.165) is 4.90 Å². The lowest BCUT2D eigenvalue weighted by molar-refractivity contribution is -0.115. The first kappa shape index (κ1) is 16.5. The highest BCUT2D eigenvalue weighted by molar-refractivity contribution is 8.00. The Morgan fingerprint density at radius 1 is 1.27 bits per heavy atom. The van der Waals surface area contributed by atoms with E-state index >= 15 is 0 Å². The molecule has 0 fully saturated rings. The lowest BCUT2D eigenvalue weighted by Gasteiger charge is -2.14. The van der Waals surface area contributed by atoms with E-state index in [2.05, 4.69) is 5.32 Å². The Bertz CT molecular complexity index is 662. The summed E-state index contributed by atoms with van der Waals surface area (Å²) in [5.41, 5.74) is 6.91. The van der Waals surface area contributed by atoms with E-state index in [9.17, 15) is 4.79 Å². The number of hydrogen-bond acceptors (Lipinski definition) is 4.